The van der Waals surface area contributed by atoms with E-state index in [1.54, 1.807) is 0 Å². The van der Waals surface area contributed by atoms with E-state index in [1.807, 2.05) is 18.2 Å². The van der Waals surface area contributed by atoms with E-state index < -0.39 is 0 Å². The molecular weight excluding hydrogens is 659 g/mol. The number of hydrogen-bond acceptors (Lipinski definition) is 3. The minimum atomic E-state index is 0.568. The Kier molecular flexibility index (Phi) is 6.79. The van der Waals surface area contributed by atoms with Gasteiger partial charge in [0.2, 0.25) is 5.95 Å². The van der Waals surface area contributed by atoms with E-state index in [-0.39, 0.29) is 0 Å². The molecule has 0 aliphatic carbocycles. The molecule has 0 bridgehead atoms. The highest BCUT2D eigenvalue weighted by Crippen LogP contribution is 2.41. The fraction of sp³-hybridized carbons (Fsp3) is 0. The summed E-state index contributed by atoms with van der Waals surface area (Å²) in [5.41, 5.74) is 9.54. The quantitative estimate of drug-likeness (QED) is 0.181. The number of benzene rings is 8. The van der Waals surface area contributed by atoms with E-state index in [0.29, 0.717) is 17.6 Å². The number of fused-ring (bicyclic) bond motifs is 8. The summed E-state index contributed by atoms with van der Waals surface area (Å²) >= 11 is 0. The van der Waals surface area contributed by atoms with Crippen LogP contribution in [0.2, 0.25) is 0 Å². The van der Waals surface area contributed by atoms with Crippen molar-refractivity contribution in [3.63, 3.8) is 0 Å². The molecule has 0 spiro atoms. The first-order valence-electron chi connectivity index (χ1n) is 18.2. The Morgan fingerprint density at radius 2 is 0.852 bits per heavy atom. The SMILES string of the molecule is c1ccc(-c2nc(-c3cccc(-c4ccc5ccccc5c4)c3)nc(-n3c4ccccc4c4ccc5c6ccccc6n(-c6ccccc6)c5c43)n2)cc1. The van der Waals surface area contributed by atoms with Gasteiger partial charge in [0.1, 0.15) is 0 Å². The molecule has 0 radical (unpaired) electrons. The first kappa shape index (κ1) is 30.3. The zero-order valence-electron chi connectivity index (χ0n) is 29.1. The maximum absolute atomic E-state index is 5.35. The highest BCUT2D eigenvalue weighted by atomic mass is 15.2. The molecule has 0 saturated carbocycles. The second-order valence-corrected chi connectivity index (χ2v) is 13.7. The van der Waals surface area contributed by atoms with Gasteiger partial charge in [0, 0.05) is 38.4 Å². The van der Waals surface area contributed by atoms with E-state index in [9.17, 15) is 0 Å². The van der Waals surface area contributed by atoms with E-state index in [0.717, 1.165) is 60.8 Å². The van der Waals surface area contributed by atoms with Crippen LogP contribution in [0.15, 0.2) is 188 Å². The average molecular weight is 690 g/mol. The molecule has 5 heteroatoms. The van der Waals surface area contributed by atoms with Gasteiger partial charge in [-0.15, -0.1) is 0 Å². The van der Waals surface area contributed by atoms with Crippen LogP contribution in [-0.4, -0.2) is 24.1 Å². The fourth-order valence-corrected chi connectivity index (χ4v) is 8.07. The molecule has 0 aliphatic rings. The highest BCUT2D eigenvalue weighted by molar-refractivity contribution is 6.23. The Bertz CT molecular complexity index is 3210. The number of hydrogen-bond donors (Lipinski definition) is 0. The summed E-state index contributed by atoms with van der Waals surface area (Å²) in [6.45, 7) is 0. The van der Waals surface area contributed by atoms with Crippen molar-refractivity contribution < 1.29 is 0 Å². The van der Waals surface area contributed by atoms with Crippen molar-refractivity contribution in [2.24, 2.45) is 0 Å². The Labute approximate surface area is 311 Å². The second kappa shape index (κ2) is 12.1. The van der Waals surface area contributed by atoms with Crippen molar-refractivity contribution in [1.29, 1.82) is 0 Å². The van der Waals surface area contributed by atoms with Gasteiger partial charge < -0.3 is 4.57 Å². The van der Waals surface area contributed by atoms with Crippen LogP contribution in [0.25, 0.3) is 99.9 Å². The molecule has 0 atom stereocenters. The minimum absolute atomic E-state index is 0.568. The molecule has 54 heavy (non-hydrogen) atoms. The predicted octanol–water partition coefficient (Wildman–Crippen LogP) is 12.2. The minimum Gasteiger partial charge on any atom is -0.307 e. The van der Waals surface area contributed by atoms with Gasteiger partial charge in [0.25, 0.3) is 0 Å². The molecule has 11 aromatic rings. The molecule has 11 rings (SSSR count). The molecule has 0 unspecified atom stereocenters. The fourth-order valence-electron chi connectivity index (χ4n) is 8.07. The number of para-hydroxylation sites is 3. The lowest BCUT2D eigenvalue weighted by molar-refractivity contribution is 0.953. The normalized spacial score (nSPS) is 11.7. The van der Waals surface area contributed by atoms with Crippen molar-refractivity contribution >= 4 is 54.4 Å². The molecule has 0 N–H and O–H groups in total. The van der Waals surface area contributed by atoms with Gasteiger partial charge in [0.15, 0.2) is 11.6 Å². The van der Waals surface area contributed by atoms with Crippen molar-refractivity contribution in [3.05, 3.63) is 188 Å². The van der Waals surface area contributed by atoms with Crippen LogP contribution in [0.3, 0.4) is 0 Å². The molecule has 0 saturated heterocycles. The van der Waals surface area contributed by atoms with Crippen LogP contribution in [-0.2, 0) is 0 Å². The lowest BCUT2D eigenvalue weighted by atomic mass is 9.99. The summed E-state index contributed by atoms with van der Waals surface area (Å²) in [6, 6.07) is 66.2. The largest absolute Gasteiger partial charge is 0.307 e. The number of nitrogens with zero attached hydrogens (tertiary/aromatic N) is 5. The van der Waals surface area contributed by atoms with Gasteiger partial charge in [-0.05, 0) is 58.3 Å². The first-order chi connectivity index (χ1) is 26.8. The lowest BCUT2D eigenvalue weighted by Crippen LogP contribution is -2.07. The Morgan fingerprint density at radius 1 is 0.315 bits per heavy atom. The molecule has 252 valence electrons. The summed E-state index contributed by atoms with van der Waals surface area (Å²) in [7, 11) is 0. The summed E-state index contributed by atoms with van der Waals surface area (Å²) < 4.78 is 4.63. The van der Waals surface area contributed by atoms with Crippen LogP contribution in [0.4, 0.5) is 0 Å². The molecule has 0 fully saturated rings. The summed E-state index contributed by atoms with van der Waals surface area (Å²) in [4.78, 5) is 15.8. The molecule has 3 aromatic heterocycles. The lowest BCUT2D eigenvalue weighted by Gasteiger charge is -2.13. The van der Waals surface area contributed by atoms with E-state index in [4.69, 9.17) is 15.0 Å². The average Bonchev–Trinajstić information content (AvgIpc) is 3.77. The van der Waals surface area contributed by atoms with Crippen LogP contribution in [0.1, 0.15) is 0 Å². The van der Waals surface area contributed by atoms with E-state index >= 15 is 0 Å². The van der Waals surface area contributed by atoms with Gasteiger partial charge in [-0.2, -0.15) is 9.97 Å². The molecule has 0 amide bonds. The predicted molar refractivity (Wildman–Crippen MR) is 222 cm³/mol. The summed E-state index contributed by atoms with van der Waals surface area (Å²) in [5.74, 6) is 1.80. The van der Waals surface area contributed by atoms with E-state index in [2.05, 4.69) is 179 Å². The van der Waals surface area contributed by atoms with Crippen LogP contribution < -0.4 is 0 Å². The maximum atomic E-state index is 5.35. The first-order valence-corrected chi connectivity index (χ1v) is 18.2. The monoisotopic (exact) mass is 689 g/mol. The maximum Gasteiger partial charge on any atom is 0.238 e. The highest BCUT2D eigenvalue weighted by Gasteiger charge is 2.23. The third kappa shape index (κ3) is 4.76. The van der Waals surface area contributed by atoms with Gasteiger partial charge in [-0.25, -0.2) is 4.98 Å². The van der Waals surface area contributed by atoms with E-state index in [1.165, 1.54) is 21.5 Å². The third-order valence-corrected chi connectivity index (χ3v) is 10.5. The third-order valence-electron chi connectivity index (χ3n) is 10.5. The summed E-state index contributed by atoms with van der Waals surface area (Å²) in [5, 5.41) is 7.08. The second-order valence-electron chi connectivity index (χ2n) is 13.7. The van der Waals surface area contributed by atoms with Crippen LogP contribution >= 0.6 is 0 Å². The standard InChI is InChI=1S/C49H31N5/c1-3-15-33(16-4-1)47-50-48(37-19-13-18-35(31-37)36-27-26-32-14-7-8-17-34(32)30-36)52-49(51-47)54-44-25-12-10-23-40(44)42-29-28-41-39-22-9-11-24-43(39)53(45(41)46(42)54)38-20-5-2-6-21-38/h1-31H. The van der Waals surface area contributed by atoms with Crippen molar-refractivity contribution in [3.8, 4) is 45.5 Å². The molecule has 0 aliphatic heterocycles. The van der Waals surface area contributed by atoms with Crippen LogP contribution in [0, 0.1) is 0 Å². The molecule has 3 heterocycles. The smallest absolute Gasteiger partial charge is 0.238 e. The topological polar surface area (TPSA) is 48.5 Å². The van der Waals surface area contributed by atoms with Gasteiger partial charge in [-0.3, -0.25) is 4.57 Å². The van der Waals surface area contributed by atoms with Crippen LogP contribution in [0.5, 0.6) is 0 Å². The Hall–Kier alpha value is -7.37. The molecule has 5 nitrogen and oxygen atoms in total. The molecule has 8 aromatic carbocycles. The number of rotatable bonds is 5. The summed E-state index contributed by atoms with van der Waals surface area (Å²) in [6.07, 6.45) is 0. The van der Waals surface area contributed by atoms with Gasteiger partial charge in [-0.1, -0.05) is 152 Å². The van der Waals surface area contributed by atoms with Gasteiger partial charge >= 0.3 is 0 Å². The zero-order chi connectivity index (χ0) is 35.6. The van der Waals surface area contributed by atoms with Gasteiger partial charge in [0.05, 0.1) is 22.1 Å². The van der Waals surface area contributed by atoms with Crippen molar-refractivity contribution in [2.45, 2.75) is 0 Å². The van der Waals surface area contributed by atoms with Crippen molar-refractivity contribution in [2.75, 3.05) is 0 Å². The number of aromatic nitrogens is 5. The Balaban J connectivity index is 1.22. The van der Waals surface area contributed by atoms with Crippen molar-refractivity contribution in [1.82, 2.24) is 24.1 Å². The zero-order valence-corrected chi connectivity index (χ0v) is 29.1. The Morgan fingerprint density at radius 3 is 1.59 bits per heavy atom. The molecular formula is C49H31N5.